The van der Waals surface area contributed by atoms with Crippen molar-refractivity contribution in [1.29, 1.82) is 0 Å². The highest BCUT2D eigenvalue weighted by Gasteiger charge is 2.30. The molecule has 1 rings (SSSR count). The zero-order chi connectivity index (χ0) is 11.0. The second-order valence-corrected chi connectivity index (χ2v) is 2.97. The number of nitro groups is 1. The molecule has 0 aliphatic rings. The van der Waals surface area contributed by atoms with Crippen LogP contribution < -0.4 is 0 Å². The van der Waals surface area contributed by atoms with Crippen molar-refractivity contribution in [2.24, 2.45) is 0 Å². The van der Waals surface area contributed by atoms with Crippen molar-refractivity contribution in [2.75, 3.05) is 0 Å². The molecule has 0 unspecified atom stereocenters. The van der Waals surface area contributed by atoms with E-state index in [0.717, 1.165) is 0 Å². The van der Waals surface area contributed by atoms with Crippen LogP contribution >= 0.6 is 23.2 Å². The van der Waals surface area contributed by atoms with Gasteiger partial charge in [0, 0.05) is 0 Å². The maximum absolute atomic E-state index is 12.9. The van der Waals surface area contributed by atoms with Gasteiger partial charge in [-0.25, -0.2) is 0 Å². The molecule has 14 heavy (non-hydrogen) atoms. The average Bonchev–Trinajstić information content (AvgIpc) is 2.11. The second-order valence-electron chi connectivity index (χ2n) is 2.21. The van der Waals surface area contributed by atoms with Gasteiger partial charge < -0.3 is 5.11 Å². The van der Waals surface area contributed by atoms with Crippen LogP contribution in [0, 0.1) is 21.7 Å². The van der Waals surface area contributed by atoms with E-state index in [9.17, 15) is 18.9 Å². The number of phenols is 1. The van der Waals surface area contributed by atoms with Gasteiger partial charge in [-0.15, -0.1) is 0 Å². The van der Waals surface area contributed by atoms with Crippen LogP contribution in [0.1, 0.15) is 0 Å². The zero-order valence-electron chi connectivity index (χ0n) is 6.22. The summed E-state index contributed by atoms with van der Waals surface area (Å²) in [5.41, 5.74) is -1.49. The molecule has 4 nitrogen and oxygen atoms in total. The molecule has 0 aliphatic heterocycles. The van der Waals surface area contributed by atoms with Crippen molar-refractivity contribution in [3.05, 3.63) is 31.8 Å². The third-order valence-corrected chi connectivity index (χ3v) is 2.09. The molecule has 0 saturated carbocycles. The van der Waals surface area contributed by atoms with Crippen molar-refractivity contribution in [2.45, 2.75) is 0 Å². The van der Waals surface area contributed by atoms with Crippen molar-refractivity contribution in [3.8, 4) is 5.75 Å². The summed E-state index contributed by atoms with van der Waals surface area (Å²) < 4.78 is 25.8. The van der Waals surface area contributed by atoms with Crippen LogP contribution in [0.15, 0.2) is 0 Å². The molecule has 0 radical (unpaired) electrons. The van der Waals surface area contributed by atoms with E-state index in [4.69, 9.17) is 28.3 Å². The van der Waals surface area contributed by atoms with Crippen molar-refractivity contribution >= 4 is 28.9 Å². The third-order valence-electron chi connectivity index (χ3n) is 1.40. The van der Waals surface area contributed by atoms with Gasteiger partial charge in [-0.1, -0.05) is 23.2 Å². The Kier molecular flexibility index (Phi) is 2.77. The van der Waals surface area contributed by atoms with Crippen molar-refractivity contribution < 1.29 is 18.8 Å². The largest absolute Gasteiger partial charge is 0.505 e. The third kappa shape index (κ3) is 1.46. The van der Waals surface area contributed by atoms with E-state index in [1.807, 2.05) is 0 Å². The Balaban J connectivity index is 3.68. The van der Waals surface area contributed by atoms with Crippen LogP contribution in [0.5, 0.6) is 5.75 Å². The van der Waals surface area contributed by atoms with E-state index in [1.54, 1.807) is 0 Å². The van der Waals surface area contributed by atoms with Crippen LogP contribution in [-0.4, -0.2) is 10.0 Å². The Morgan fingerprint density at radius 1 is 1.21 bits per heavy atom. The van der Waals surface area contributed by atoms with Crippen LogP contribution in [0.25, 0.3) is 0 Å². The molecule has 1 aromatic carbocycles. The highest BCUT2D eigenvalue weighted by molar-refractivity contribution is 6.37. The Labute approximate surface area is 85.8 Å². The predicted octanol–water partition coefficient (Wildman–Crippen LogP) is 2.89. The van der Waals surface area contributed by atoms with Crippen LogP contribution in [0.2, 0.25) is 10.0 Å². The number of nitro benzene ring substituents is 1. The van der Waals surface area contributed by atoms with Crippen molar-refractivity contribution in [1.82, 2.24) is 0 Å². The van der Waals surface area contributed by atoms with Gasteiger partial charge in [0.1, 0.15) is 10.0 Å². The summed E-state index contributed by atoms with van der Waals surface area (Å²) in [7, 11) is 0. The van der Waals surface area contributed by atoms with Gasteiger partial charge in [0.05, 0.1) is 4.92 Å². The molecule has 0 aliphatic carbocycles. The summed E-state index contributed by atoms with van der Waals surface area (Å²) in [6.07, 6.45) is 0. The molecule has 1 aromatic rings. The summed E-state index contributed by atoms with van der Waals surface area (Å²) in [5, 5.41) is 17.1. The zero-order valence-corrected chi connectivity index (χ0v) is 7.73. The molecule has 0 aromatic heterocycles. The van der Waals surface area contributed by atoms with Gasteiger partial charge in [0.15, 0.2) is 5.75 Å². The topological polar surface area (TPSA) is 63.4 Å². The maximum atomic E-state index is 12.9. The van der Waals surface area contributed by atoms with Gasteiger partial charge in [0.25, 0.3) is 0 Å². The normalized spacial score (nSPS) is 10.3. The minimum Gasteiger partial charge on any atom is -0.505 e. The molecular formula is C6HCl2F2NO3. The van der Waals surface area contributed by atoms with E-state index >= 15 is 0 Å². The lowest BCUT2D eigenvalue weighted by atomic mass is 10.2. The quantitative estimate of drug-likeness (QED) is 0.469. The van der Waals surface area contributed by atoms with Gasteiger partial charge >= 0.3 is 5.69 Å². The Bertz CT molecular complexity index is 395. The number of hydrogen-bond acceptors (Lipinski definition) is 3. The fourth-order valence-electron chi connectivity index (χ4n) is 0.769. The van der Waals surface area contributed by atoms with Crippen LogP contribution in [-0.2, 0) is 0 Å². The SMILES string of the molecule is O=[N+]([O-])c1c(F)c(Cl)c(O)c(Cl)c1F. The summed E-state index contributed by atoms with van der Waals surface area (Å²) in [6.45, 7) is 0. The Morgan fingerprint density at radius 2 is 1.57 bits per heavy atom. The first kappa shape index (κ1) is 10.9. The summed E-state index contributed by atoms with van der Waals surface area (Å²) in [5.74, 6) is -4.37. The molecule has 8 heteroatoms. The van der Waals surface area contributed by atoms with E-state index in [1.165, 1.54) is 0 Å². The number of phenolic OH excluding ortho intramolecular Hbond substituents is 1. The summed E-state index contributed by atoms with van der Waals surface area (Å²) >= 11 is 10.2. The molecule has 0 saturated heterocycles. The van der Waals surface area contributed by atoms with E-state index in [-0.39, 0.29) is 0 Å². The lowest BCUT2D eigenvalue weighted by Gasteiger charge is -2.03. The molecule has 76 valence electrons. The monoisotopic (exact) mass is 243 g/mol. The first-order chi connectivity index (χ1) is 6.37. The molecule has 0 fully saturated rings. The maximum Gasteiger partial charge on any atom is 0.343 e. The van der Waals surface area contributed by atoms with Crippen LogP contribution in [0.3, 0.4) is 0 Å². The molecule has 1 N–H and O–H groups in total. The number of benzene rings is 1. The highest BCUT2D eigenvalue weighted by Crippen LogP contribution is 2.41. The minimum absolute atomic E-state index is 0.983. The Morgan fingerprint density at radius 3 is 1.86 bits per heavy atom. The number of aromatic hydroxyl groups is 1. The van der Waals surface area contributed by atoms with Gasteiger partial charge in [0.2, 0.25) is 11.6 Å². The fourth-order valence-corrected chi connectivity index (χ4v) is 1.19. The lowest BCUT2D eigenvalue weighted by Crippen LogP contribution is -1.98. The highest BCUT2D eigenvalue weighted by atomic mass is 35.5. The predicted molar refractivity (Wildman–Crippen MR) is 44.7 cm³/mol. The minimum atomic E-state index is -1.66. The summed E-state index contributed by atoms with van der Waals surface area (Å²) in [4.78, 5) is 8.87. The number of rotatable bonds is 1. The molecule has 0 spiro atoms. The summed E-state index contributed by atoms with van der Waals surface area (Å²) in [6, 6.07) is 0. The van der Waals surface area contributed by atoms with Gasteiger partial charge in [-0.2, -0.15) is 8.78 Å². The second kappa shape index (κ2) is 3.55. The number of hydrogen-bond donors (Lipinski definition) is 1. The van der Waals surface area contributed by atoms with Crippen LogP contribution in [0.4, 0.5) is 14.5 Å². The van der Waals surface area contributed by atoms with E-state index in [0.29, 0.717) is 0 Å². The fraction of sp³-hybridized carbons (Fsp3) is 0. The smallest absolute Gasteiger partial charge is 0.343 e. The van der Waals surface area contributed by atoms with Gasteiger partial charge in [-0.3, -0.25) is 10.1 Å². The number of nitrogens with zero attached hydrogens (tertiary/aromatic N) is 1. The molecule has 0 bridgehead atoms. The first-order valence-corrected chi connectivity index (χ1v) is 3.82. The Hall–Kier alpha value is -1.14. The van der Waals surface area contributed by atoms with Gasteiger partial charge in [-0.05, 0) is 0 Å². The molecule has 0 amide bonds. The van der Waals surface area contributed by atoms with E-state index < -0.39 is 38.0 Å². The standard InChI is InChI=1S/C6HCl2F2NO3/c7-1-3(9)5(11(13)14)4(10)2(8)6(1)12/h12H. The molecule has 0 heterocycles. The van der Waals surface area contributed by atoms with Crippen molar-refractivity contribution in [3.63, 3.8) is 0 Å². The molecule has 0 atom stereocenters. The average molecular weight is 244 g/mol. The number of halogens is 4. The van der Waals surface area contributed by atoms with E-state index in [2.05, 4.69) is 0 Å². The lowest BCUT2D eigenvalue weighted by molar-refractivity contribution is -0.390. The molecular weight excluding hydrogens is 243 g/mol. The first-order valence-electron chi connectivity index (χ1n) is 3.07.